The first kappa shape index (κ1) is 31.0. The summed E-state index contributed by atoms with van der Waals surface area (Å²) in [7, 11) is -9.96. The van der Waals surface area contributed by atoms with Crippen molar-refractivity contribution in [2.75, 3.05) is 24.7 Å². The maximum absolute atomic E-state index is 13.2. The van der Waals surface area contributed by atoms with Crippen LogP contribution in [-0.2, 0) is 36.7 Å². The van der Waals surface area contributed by atoms with E-state index in [1.165, 1.54) is 21.8 Å². The van der Waals surface area contributed by atoms with Crippen molar-refractivity contribution in [2.24, 2.45) is 11.5 Å². The van der Waals surface area contributed by atoms with E-state index in [4.69, 9.17) is 50.5 Å². The standard InChI is InChI=1S/C20H26N12O12P2/c21-7-11-5(41-17(7)31-3-25-9-13(31)27-19(23)29-15(9)33)1-39-45(35,36)44-12-6(2-40-46(37,38)43-11)42-18(8(12)22)32-4-26-10-14(32)28-20(24)30-16(10)34/h3-8,11-12,17-18H,1-2,21-22H2,(H,35,36)(H,37,38)(H3,23,27,29,33)(H3,24,28,30,34)/t5-,6-,7?,8?,11+,12+,17-,18-/m1/s1. The molecule has 248 valence electrons. The molecule has 3 fully saturated rings. The van der Waals surface area contributed by atoms with E-state index in [0.717, 1.165) is 0 Å². The fraction of sp³-hybridized carbons (Fsp3) is 0.500. The molecule has 0 bridgehead atoms. The van der Waals surface area contributed by atoms with E-state index in [0.29, 0.717) is 0 Å². The summed E-state index contributed by atoms with van der Waals surface area (Å²) in [4.78, 5) is 66.5. The third kappa shape index (κ3) is 5.33. The average molecular weight is 688 g/mol. The zero-order valence-electron chi connectivity index (χ0n) is 23.1. The number of imidazole rings is 2. The number of nitrogen functional groups attached to an aromatic ring is 2. The molecule has 10 atom stereocenters. The van der Waals surface area contributed by atoms with Crippen LogP contribution in [0.25, 0.3) is 22.3 Å². The third-order valence-corrected chi connectivity index (χ3v) is 9.51. The second-order valence-corrected chi connectivity index (χ2v) is 13.3. The predicted octanol–water partition coefficient (Wildman–Crippen LogP) is -3.12. The maximum Gasteiger partial charge on any atom is 0.472 e. The van der Waals surface area contributed by atoms with Crippen molar-refractivity contribution in [1.82, 2.24) is 39.0 Å². The fourth-order valence-electron chi connectivity index (χ4n) is 5.52. The van der Waals surface area contributed by atoms with Gasteiger partial charge in [-0.1, -0.05) is 0 Å². The minimum Gasteiger partial charge on any atom is -0.369 e. The Balaban J connectivity index is 1.18. The van der Waals surface area contributed by atoms with E-state index < -0.39 is 88.9 Å². The van der Waals surface area contributed by atoms with Crippen LogP contribution in [-0.4, -0.2) is 98.5 Å². The molecule has 0 spiro atoms. The number of nitrogens with two attached hydrogens (primary N) is 4. The first-order chi connectivity index (χ1) is 21.7. The highest BCUT2D eigenvalue weighted by Gasteiger charge is 2.53. The number of hydrogen-bond acceptors (Lipinski definition) is 18. The van der Waals surface area contributed by atoms with Crippen LogP contribution in [0.2, 0.25) is 0 Å². The molecule has 4 aromatic heterocycles. The number of fused-ring (bicyclic) bond motifs is 4. The molecule has 0 saturated carbocycles. The zero-order valence-corrected chi connectivity index (χ0v) is 24.8. The van der Waals surface area contributed by atoms with Gasteiger partial charge in [-0.25, -0.2) is 19.1 Å². The number of phosphoric acid groups is 2. The summed E-state index contributed by atoms with van der Waals surface area (Å²) in [6, 6.07) is -2.55. The molecule has 7 rings (SSSR count). The van der Waals surface area contributed by atoms with Crippen molar-refractivity contribution in [3.8, 4) is 0 Å². The van der Waals surface area contributed by atoms with Crippen molar-refractivity contribution < 1.29 is 46.5 Å². The number of nitrogens with one attached hydrogen (secondary N) is 2. The largest absolute Gasteiger partial charge is 0.472 e. The molecule has 0 aromatic carbocycles. The number of nitrogens with zero attached hydrogens (tertiary/aromatic N) is 6. The normalized spacial score (nSPS) is 37.1. The zero-order chi connectivity index (χ0) is 32.7. The van der Waals surface area contributed by atoms with Crippen LogP contribution in [0.5, 0.6) is 0 Å². The van der Waals surface area contributed by atoms with Crippen LogP contribution in [0.1, 0.15) is 12.5 Å². The minimum absolute atomic E-state index is 0.0267. The van der Waals surface area contributed by atoms with E-state index in [2.05, 4.69) is 29.9 Å². The number of phosphoric ester groups is 2. The molecule has 4 unspecified atom stereocenters. The minimum atomic E-state index is -4.98. The van der Waals surface area contributed by atoms with Crippen LogP contribution in [0.3, 0.4) is 0 Å². The molecule has 0 aliphatic carbocycles. The van der Waals surface area contributed by atoms with Crippen molar-refractivity contribution >= 4 is 49.9 Å². The first-order valence-corrected chi connectivity index (χ1v) is 16.3. The first-order valence-electron chi connectivity index (χ1n) is 13.3. The molecule has 3 aliphatic rings. The summed E-state index contributed by atoms with van der Waals surface area (Å²) in [5.74, 6) is -0.459. The summed E-state index contributed by atoms with van der Waals surface area (Å²) in [6.07, 6.45) is -5.82. The Morgan fingerprint density at radius 3 is 1.54 bits per heavy atom. The van der Waals surface area contributed by atoms with E-state index >= 15 is 0 Å². The van der Waals surface area contributed by atoms with Crippen molar-refractivity contribution in [3.63, 3.8) is 0 Å². The van der Waals surface area contributed by atoms with Gasteiger partial charge in [0.25, 0.3) is 11.1 Å². The van der Waals surface area contributed by atoms with Crippen molar-refractivity contribution in [2.45, 2.75) is 49.0 Å². The van der Waals surface area contributed by atoms with Crippen LogP contribution >= 0.6 is 15.6 Å². The number of aromatic nitrogens is 8. The molecule has 24 nitrogen and oxygen atoms in total. The number of anilines is 2. The lowest BCUT2D eigenvalue weighted by Crippen LogP contribution is -2.43. The van der Waals surface area contributed by atoms with Gasteiger partial charge < -0.3 is 42.2 Å². The van der Waals surface area contributed by atoms with Gasteiger partial charge in [0.15, 0.2) is 34.8 Å². The maximum atomic E-state index is 13.2. The van der Waals surface area contributed by atoms with Gasteiger partial charge in [0.2, 0.25) is 11.9 Å². The van der Waals surface area contributed by atoms with Gasteiger partial charge in [-0.3, -0.25) is 46.8 Å². The van der Waals surface area contributed by atoms with Crippen LogP contribution in [0.4, 0.5) is 11.9 Å². The highest BCUT2D eigenvalue weighted by atomic mass is 31.2. The molecular formula is C20H26N12O12P2. The number of rotatable bonds is 2. The number of hydrogen-bond donors (Lipinski definition) is 8. The molecule has 26 heteroatoms. The number of ether oxygens (including phenoxy) is 2. The number of H-pyrrole nitrogens is 2. The highest BCUT2D eigenvalue weighted by molar-refractivity contribution is 7.47. The van der Waals surface area contributed by atoms with Gasteiger partial charge in [0.1, 0.15) is 24.4 Å². The van der Waals surface area contributed by atoms with Gasteiger partial charge in [-0.15, -0.1) is 0 Å². The van der Waals surface area contributed by atoms with Crippen LogP contribution in [0.15, 0.2) is 22.2 Å². The highest BCUT2D eigenvalue weighted by Crippen LogP contribution is 2.53. The SMILES string of the molecule is Nc1nc2c(ncn2[C@@H]2O[C@@H]3COP(=O)(O)O[C@@H]4C(N)[C@H](n5cnc6c(=O)[nH]c(N)nc65)O[C@@H]4COP(=O)(O)O[C@@H]3C2N)c(=O)[nH]1. The molecule has 7 heterocycles. The quantitative estimate of drug-likeness (QED) is 0.0965. The Labute approximate surface area is 254 Å². The van der Waals surface area contributed by atoms with E-state index in [1.54, 1.807) is 0 Å². The Kier molecular flexibility index (Phi) is 7.39. The fourth-order valence-corrected chi connectivity index (χ4v) is 7.48. The van der Waals surface area contributed by atoms with Crippen LogP contribution in [0, 0.1) is 0 Å². The lowest BCUT2D eigenvalue weighted by atomic mass is 10.1. The van der Waals surface area contributed by atoms with Crippen molar-refractivity contribution in [3.05, 3.63) is 33.4 Å². The molecular weight excluding hydrogens is 662 g/mol. The van der Waals surface area contributed by atoms with Gasteiger partial charge in [-0.05, 0) is 0 Å². The summed E-state index contributed by atoms with van der Waals surface area (Å²) in [5.41, 5.74) is 22.5. The van der Waals surface area contributed by atoms with Crippen LogP contribution < -0.4 is 34.1 Å². The van der Waals surface area contributed by atoms with Gasteiger partial charge in [0.05, 0.1) is 38.0 Å². The second-order valence-electron chi connectivity index (χ2n) is 10.5. The molecule has 12 N–H and O–H groups in total. The van der Waals surface area contributed by atoms with E-state index in [-0.39, 0.29) is 34.2 Å². The molecule has 0 radical (unpaired) electrons. The predicted molar refractivity (Wildman–Crippen MR) is 150 cm³/mol. The van der Waals surface area contributed by atoms with E-state index in [9.17, 15) is 28.5 Å². The molecule has 46 heavy (non-hydrogen) atoms. The third-order valence-electron chi connectivity index (χ3n) is 7.54. The van der Waals surface area contributed by atoms with Crippen molar-refractivity contribution in [1.29, 1.82) is 0 Å². The van der Waals surface area contributed by atoms with Gasteiger partial charge in [-0.2, -0.15) is 9.97 Å². The molecule has 4 aromatic rings. The molecule has 0 amide bonds. The number of aromatic amines is 2. The Morgan fingerprint density at radius 1 is 0.761 bits per heavy atom. The summed E-state index contributed by atoms with van der Waals surface area (Å²) >= 11 is 0. The summed E-state index contributed by atoms with van der Waals surface area (Å²) < 4.78 is 61.8. The van der Waals surface area contributed by atoms with Gasteiger partial charge in [0, 0.05) is 0 Å². The Morgan fingerprint density at radius 2 is 1.15 bits per heavy atom. The summed E-state index contributed by atoms with van der Waals surface area (Å²) in [5, 5.41) is 0. The van der Waals surface area contributed by atoms with Gasteiger partial charge >= 0.3 is 15.6 Å². The Bertz CT molecular complexity index is 1900. The average Bonchev–Trinajstić information content (AvgIpc) is 3.72. The second kappa shape index (κ2) is 11.0. The molecule has 3 saturated heterocycles. The summed E-state index contributed by atoms with van der Waals surface area (Å²) in [6.45, 7) is -1.50. The monoisotopic (exact) mass is 688 g/mol. The Hall–Kier alpha value is -3.64. The van der Waals surface area contributed by atoms with E-state index in [1.807, 2.05) is 0 Å². The lowest BCUT2D eigenvalue weighted by Gasteiger charge is -2.28. The lowest BCUT2D eigenvalue weighted by molar-refractivity contribution is -0.0661. The molecule has 3 aliphatic heterocycles. The smallest absolute Gasteiger partial charge is 0.369 e. The topological polar surface area (TPSA) is 361 Å².